The molecule has 5 heteroatoms. The lowest BCUT2D eigenvalue weighted by Crippen LogP contribution is -2.61. The van der Waals surface area contributed by atoms with Gasteiger partial charge in [0, 0.05) is 72.2 Å². The van der Waals surface area contributed by atoms with Crippen LogP contribution < -0.4 is 26.2 Å². The van der Waals surface area contributed by atoms with Gasteiger partial charge < -0.3 is 18.9 Å². The molecule has 4 heterocycles. The van der Waals surface area contributed by atoms with E-state index in [4.69, 9.17) is 0 Å². The third-order valence-corrected chi connectivity index (χ3v) is 26.0. The van der Waals surface area contributed by atoms with Gasteiger partial charge >= 0.3 is 0 Å². The molecule has 0 radical (unpaired) electrons. The Labute approximate surface area is 753 Å². The summed E-state index contributed by atoms with van der Waals surface area (Å²) in [6.45, 7) is 13.2. The van der Waals surface area contributed by atoms with Gasteiger partial charge in [-0.05, 0) is 243 Å². The SMILES string of the molecule is [2H]c1c([2H])c([2H])c2c(c1[2H])c1c([2H])c(-c3ccccc3)c([2H])c([2H])c1n2-c1ccc2c(c1)N(c1c(-c3ccccc3)cc(C(C)(C)C)cc1-c1ccccc1)c1cc(-n3c4ccc(-c5ccccc5)cc4c4cc(-c5ccccc5)ccc43)cc3c1B2c1cc(-c2cc(-c4ccccc4)cc(-c4ccccc4)c2)ccc1N3c1c(-c2ccccc2)cc(C(C)(C)C)cc1-c1ccccc1. The monoisotopic (exact) mass is 1630 g/mol. The van der Waals surface area contributed by atoms with Crippen LogP contribution in [-0.4, -0.2) is 15.8 Å². The fraction of sp³-hybridized carbons (Fsp3) is 0.0656. The lowest BCUT2D eigenvalue weighted by Gasteiger charge is -2.46. The van der Waals surface area contributed by atoms with Crippen LogP contribution in [0, 0.1) is 0 Å². The van der Waals surface area contributed by atoms with E-state index in [2.05, 4.69) is 426 Å². The molecular weight excluding hydrogens is 1530 g/mol. The summed E-state index contributed by atoms with van der Waals surface area (Å²) < 4.78 is 75.1. The summed E-state index contributed by atoms with van der Waals surface area (Å²) in [5.74, 6) is 0. The van der Waals surface area contributed by atoms with E-state index >= 15 is 0 Å². The van der Waals surface area contributed by atoms with Crippen LogP contribution in [0.3, 0.4) is 0 Å². The van der Waals surface area contributed by atoms with Crippen LogP contribution in [0.1, 0.15) is 62.3 Å². The first-order valence-electron chi connectivity index (χ1n) is 47.4. The molecule has 2 aliphatic rings. The molecule has 127 heavy (non-hydrogen) atoms. The number of benzene rings is 19. The van der Waals surface area contributed by atoms with Gasteiger partial charge in [-0.15, -0.1) is 0 Å². The van der Waals surface area contributed by atoms with Crippen molar-refractivity contribution in [2.75, 3.05) is 9.80 Å². The molecule has 0 atom stereocenters. The summed E-state index contributed by atoms with van der Waals surface area (Å²) in [5, 5.41) is 2.38. The zero-order valence-electron chi connectivity index (χ0n) is 78.5. The summed E-state index contributed by atoms with van der Waals surface area (Å²) in [6, 6.07) is 142. The Morgan fingerprint density at radius 3 is 1.00 bits per heavy atom. The highest BCUT2D eigenvalue weighted by Crippen LogP contribution is 2.57. The van der Waals surface area contributed by atoms with Crippen LogP contribution >= 0.6 is 0 Å². The summed E-state index contributed by atoms with van der Waals surface area (Å²) >= 11 is 0. The molecule has 2 aromatic heterocycles. The Balaban J connectivity index is 0.937. The van der Waals surface area contributed by atoms with Crippen molar-refractivity contribution in [1.82, 2.24) is 9.13 Å². The van der Waals surface area contributed by atoms with Gasteiger partial charge in [0.2, 0.25) is 0 Å². The molecule has 0 spiro atoms. The number of fused-ring (bicyclic) bond motifs is 10. The Hall–Kier alpha value is -15.6. The Morgan fingerprint density at radius 1 is 0.228 bits per heavy atom. The Kier molecular flexibility index (Phi) is 16.7. The van der Waals surface area contributed by atoms with Crippen molar-refractivity contribution in [2.45, 2.75) is 52.4 Å². The third kappa shape index (κ3) is 13.3. The minimum absolute atomic E-state index is 0.0865. The standard InChI is InChI=1S/C122H91BN4/c1-121(2,3)96-73-101(85-46-26-12-27-47-85)119(102(74-96)86-48-28-13-29-49-86)126-114-65-59-92(95-67-93(83-42-22-10-23-43-83)66-94(68-95)84-44-24-11-25-45-84)72-109(114)123-108-61-60-98(124-110-55-35-34-54-100(110)105-69-89(56-62-111(105)124)80-36-16-7-17-37-80)77-115(108)127(120-103(87-50-30-14-31-51-87)75-97(122(4,5)6)76-104(120)88-52-32-15-33-53-88)117-79-99(78-116(126)118(117)123)125-112-63-57-90(81-38-18-8-19-39-81)70-106(112)107-71-91(58-64-113(107)125)82-40-20-9-21-41-82/h7-79H,1-6H3/i34D,35D,54D,55D,56D,62D,69D. The number of nitrogens with zero attached hydrogens (tertiary/aromatic N) is 4. The van der Waals surface area contributed by atoms with Crippen molar-refractivity contribution in [1.29, 1.82) is 0 Å². The van der Waals surface area contributed by atoms with Crippen molar-refractivity contribution >= 4 is 101 Å². The van der Waals surface area contributed by atoms with Gasteiger partial charge in [0.1, 0.15) is 0 Å². The fourth-order valence-electron chi connectivity index (χ4n) is 19.7. The molecule has 0 saturated carbocycles. The molecular formula is C122H91BN4. The molecule has 2 aliphatic heterocycles. The van der Waals surface area contributed by atoms with Crippen molar-refractivity contribution < 1.29 is 9.60 Å². The predicted molar refractivity (Wildman–Crippen MR) is 541 cm³/mol. The highest BCUT2D eigenvalue weighted by molar-refractivity contribution is 7.00. The number of hydrogen-bond donors (Lipinski definition) is 0. The van der Waals surface area contributed by atoms with Crippen LogP contribution in [-0.2, 0) is 10.8 Å². The van der Waals surface area contributed by atoms with E-state index in [0.29, 0.717) is 11.3 Å². The van der Waals surface area contributed by atoms with Crippen molar-refractivity contribution in [3.05, 3.63) is 454 Å². The molecule has 23 rings (SSSR count). The Morgan fingerprint density at radius 2 is 0.575 bits per heavy atom. The van der Waals surface area contributed by atoms with E-state index in [1.165, 1.54) is 5.56 Å². The van der Waals surface area contributed by atoms with E-state index in [1.807, 2.05) is 30.3 Å². The molecule has 4 nitrogen and oxygen atoms in total. The van der Waals surface area contributed by atoms with Crippen molar-refractivity contribution in [3.63, 3.8) is 0 Å². The van der Waals surface area contributed by atoms with Crippen LogP contribution in [0.2, 0.25) is 0 Å². The van der Waals surface area contributed by atoms with E-state index in [1.54, 1.807) is 4.57 Å². The van der Waals surface area contributed by atoms with Gasteiger partial charge in [-0.25, -0.2) is 0 Å². The van der Waals surface area contributed by atoms with E-state index in [0.717, 1.165) is 184 Å². The van der Waals surface area contributed by atoms with Gasteiger partial charge in [0.25, 0.3) is 6.71 Å². The highest BCUT2D eigenvalue weighted by atomic mass is 15.2. The maximum absolute atomic E-state index is 10.6. The first kappa shape index (κ1) is 68.9. The molecule has 0 amide bonds. The average Bonchev–Trinajstić information content (AvgIpc) is 1.11. The first-order chi connectivity index (χ1) is 65.2. The summed E-state index contributed by atoms with van der Waals surface area (Å²) in [5.41, 5.74) is 32.8. The maximum atomic E-state index is 10.6. The van der Waals surface area contributed by atoms with Crippen molar-refractivity contribution in [2.24, 2.45) is 0 Å². The van der Waals surface area contributed by atoms with Gasteiger partial charge in [-0.2, -0.15) is 0 Å². The Bertz CT molecular complexity index is 8030. The number of rotatable bonds is 14. The van der Waals surface area contributed by atoms with E-state index < -0.39 is 24.2 Å². The smallest absolute Gasteiger partial charge is 0.252 e. The quantitative estimate of drug-likeness (QED) is 0.101. The minimum Gasteiger partial charge on any atom is -0.310 e. The average molecular weight is 1630 g/mol. The second kappa shape index (κ2) is 30.7. The number of aromatic nitrogens is 2. The summed E-state index contributed by atoms with van der Waals surface area (Å²) in [6.07, 6.45) is 0. The largest absolute Gasteiger partial charge is 0.310 e. The topological polar surface area (TPSA) is 16.3 Å². The molecule has 0 unspecified atom stereocenters. The number of para-hydroxylation sites is 1. The number of hydrogen-bond acceptors (Lipinski definition) is 2. The second-order valence-corrected chi connectivity index (χ2v) is 35.8. The summed E-state index contributed by atoms with van der Waals surface area (Å²) in [4.78, 5) is 5.15. The molecule has 0 fully saturated rings. The van der Waals surface area contributed by atoms with Crippen LogP contribution in [0.25, 0.3) is 166 Å². The molecule has 602 valence electrons. The lowest BCUT2D eigenvalue weighted by molar-refractivity contribution is 0.590. The summed E-state index contributed by atoms with van der Waals surface area (Å²) in [7, 11) is 0. The first-order valence-corrected chi connectivity index (χ1v) is 43.9. The van der Waals surface area contributed by atoms with Crippen LogP contribution in [0.15, 0.2) is 443 Å². The van der Waals surface area contributed by atoms with E-state index in [-0.39, 0.29) is 63.0 Å². The highest BCUT2D eigenvalue weighted by Gasteiger charge is 2.47. The minimum atomic E-state index is -0.620. The van der Waals surface area contributed by atoms with Gasteiger partial charge in [0.15, 0.2) is 0 Å². The zero-order chi connectivity index (χ0) is 91.3. The van der Waals surface area contributed by atoms with E-state index in [9.17, 15) is 9.60 Å². The van der Waals surface area contributed by atoms with Crippen LogP contribution in [0.4, 0.5) is 34.1 Å². The fourth-order valence-corrected chi connectivity index (χ4v) is 19.7. The van der Waals surface area contributed by atoms with Crippen LogP contribution in [0.5, 0.6) is 0 Å². The molecule has 0 saturated heterocycles. The molecule has 0 N–H and O–H groups in total. The van der Waals surface area contributed by atoms with Gasteiger partial charge in [0.05, 0.1) is 48.7 Å². The van der Waals surface area contributed by atoms with Gasteiger partial charge in [-0.3, -0.25) is 0 Å². The maximum Gasteiger partial charge on any atom is 0.252 e. The normalized spacial score (nSPS) is 13.2. The zero-order valence-corrected chi connectivity index (χ0v) is 71.5. The third-order valence-electron chi connectivity index (χ3n) is 26.0. The van der Waals surface area contributed by atoms with Crippen molar-refractivity contribution in [3.8, 4) is 123 Å². The number of anilines is 6. The predicted octanol–water partition coefficient (Wildman–Crippen LogP) is 31.2. The molecule has 19 aromatic carbocycles. The second-order valence-electron chi connectivity index (χ2n) is 35.8. The molecule has 0 bridgehead atoms. The lowest BCUT2D eigenvalue weighted by atomic mass is 9.33. The van der Waals surface area contributed by atoms with Gasteiger partial charge in [-0.1, -0.05) is 369 Å². The molecule has 0 aliphatic carbocycles. The molecule has 21 aromatic rings.